The largest absolute Gasteiger partial charge is 0.340 e. The number of nitrogens with one attached hydrogen (secondary N) is 1. The third-order valence-electron chi connectivity index (χ3n) is 2.86. The maximum Gasteiger partial charge on any atom is 0.127 e. The lowest BCUT2D eigenvalue weighted by molar-refractivity contribution is 0.896. The summed E-state index contributed by atoms with van der Waals surface area (Å²) in [5, 5.41) is 0. The summed E-state index contributed by atoms with van der Waals surface area (Å²) >= 11 is 0. The number of rotatable bonds is 4. The molecule has 0 saturated heterocycles. The van der Waals surface area contributed by atoms with Crippen LogP contribution in [-0.2, 0) is 0 Å². The molecule has 0 aromatic carbocycles. The van der Waals surface area contributed by atoms with E-state index in [-0.39, 0.29) is 0 Å². The molecule has 0 amide bonds. The second kappa shape index (κ2) is 4.14. The van der Waals surface area contributed by atoms with E-state index in [0.29, 0.717) is 0 Å². The van der Waals surface area contributed by atoms with Gasteiger partial charge in [-0.1, -0.05) is 27.7 Å². The Morgan fingerprint density at radius 2 is 1.60 bits per heavy atom. The standard InChI is InChI=1S/C8H21NSi/c1-6-10(7-2,9-5)8(3)4/h8-9H,6-7H2,1-5H3. The van der Waals surface area contributed by atoms with Crippen LogP contribution in [0.2, 0.25) is 17.6 Å². The van der Waals surface area contributed by atoms with Crippen molar-refractivity contribution in [1.29, 1.82) is 0 Å². The molecular formula is C8H21NSi. The molecule has 0 atom stereocenters. The summed E-state index contributed by atoms with van der Waals surface area (Å²) in [6, 6.07) is 2.72. The van der Waals surface area contributed by atoms with Crippen molar-refractivity contribution >= 4 is 8.24 Å². The van der Waals surface area contributed by atoms with E-state index >= 15 is 0 Å². The highest BCUT2D eigenvalue weighted by atomic mass is 28.3. The Hall–Kier alpha value is 0.177. The molecule has 2 heteroatoms. The smallest absolute Gasteiger partial charge is 0.127 e. The molecule has 0 rings (SSSR count). The Morgan fingerprint density at radius 3 is 1.60 bits per heavy atom. The van der Waals surface area contributed by atoms with Crippen LogP contribution < -0.4 is 4.98 Å². The zero-order chi connectivity index (χ0) is 8.20. The quantitative estimate of drug-likeness (QED) is 0.622. The first-order valence-electron chi connectivity index (χ1n) is 4.31. The molecule has 0 aromatic heterocycles. The topological polar surface area (TPSA) is 12.0 Å². The molecule has 1 nitrogen and oxygen atoms in total. The maximum absolute atomic E-state index is 3.55. The van der Waals surface area contributed by atoms with E-state index in [4.69, 9.17) is 0 Å². The molecule has 0 bridgehead atoms. The molecule has 0 radical (unpaired) electrons. The summed E-state index contributed by atoms with van der Waals surface area (Å²) in [5.74, 6) is 0. The van der Waals surface area contributed by atoms with Crippen LogP contribution >= 0.6 is 0 Å². The lowest BCUT2D eigenvalue weighted by Crippen LogP contribution is -2.49. The first kappa shape index (κ1) is 10.2. The Labute approximate surface area is 66.3 Å². The van der Waals surface area contributed by atoms with Crippen LogP contribution in [0.4, 0.5) is 0 Å². The number of hydrogen-bond acceptors (Lipinski definition) is 1. The van der Waals surface area contributed by atoms with Gasteiger partial charge in [-0.3, -0.25) is 0 Å². The van der Waals surface area contributed by atoms with E-state index in [1.165, 1.54) is 12.1 Å². The average Bonchev–Trinajstić information content (AvgIpc) is 1.92. The highest BCUT2D eigenvalue weighted by Gasteiger charge is 2.30. The van der Waals surface area contributed by atoms with Gasteiger partial charge in [-0.25, -0.2) is 0 Å². The summed E-state index contributed by atoms with van der Waals surface area (Å²) < 4.78 is 0. The van der Waals surface area contributed by atoms with Crippen LogP contribution in [0, 0.1) is 0 Å². The fraction of sp³-hybridized carbons (Fsp3) is 1.00. The van der Waals surface area contributed by atoms with E-state index in [0.717, 1.165) is 5.54 Å². The van der Waals surface area contributed by atoms with Gasteiger partial charge < -0.3 is 4.98 Å². The van der Waals surface area contributed by atoms with E-state index in [9.17, 15) is 0 Å². The third-order valence-corrected chi connectivity index (χ3v) is 8.59. The molecule has 1 N–H and O–H groups in total. The second-order valence-corrected chi connectivity index (χ2v) is 8.65. The molecule has 0 fully saturated rings. The fourth-order valence-electron chi connectivity index (χ4n) is 1.71. The van der Waals surface area contributed by atoms with Crippen molar-refractivity contribution in [2.75, 3.05) is 7.05 Å². The van der Waals surface area contributed by atoms with Crippen molar-refractivity contribution in [3.63, 3.8) is 0 Å². The van der Waals surface area contributed by atoms with Gasteiger partial charge in [0.05, 0.1) is 0 Å². The molecule has 0 heterocycles. The normalized spacial score (nSPS) is 12.6. The number of hydrogen-bond donors (Lipinski definition) is 1. The fourth-order valence-corrected chi connectivity index (χ4v) is 5.13. The summed E-state index contributed by atoms with van der Waals surface area (Å²) in [5.41, 5.74) is 0.868. The molecule has 0 aliphatic heterocycles. The molecule has 0 aliphatic rings. The zero-order valence-corrected chi connectivity index (χ0v) is 8.99. The molecule has 0 unspecified atom stereocenters. The van der Waals surface area contributed by atoms with Gasteiger partial charge in [-0.15, -0.1) is 0 Å². The lowest BCUT2D eigenvalue weighted by Gasteiger charge is -2.32. The van der Waals surface area contributed by atoms with Crippen molar-refractivity contribution in [3.05, 3.63) is 0 Å². The van der Waals surface area contributed by atoms with Gasteiger partial charge in [0, 0.05) is 0 Å². The summed E-state index contributed by atoms with van der Waals surface area (Å²) in [4.78, 5) is 3.55. The highest BCUT2D eigenvalue weighted by molar-refractivity contribution is 6.78. The summed E-state index contributed by atoms with van der Waals surface area (Å²) in [6.45, 7) is 9.31. The van der Waals surface area contributed by atoms with Crippen molar-refractivity contribution in [1.82, 2.24) is 4.98 Å². The van der Waals surface area contributed by atoms with Crippen molar-refractivity contribution in [2.45, 2.75) is 45.3 Å². The molecule has 0 spiro atoms. The average molecular weight is 159 g/mol. The summed E-state index contributed by atoms with van der Waals surface area (Å²) in [7, 11) is 1.08. The minimum Gasteiger partial charge on any atom is -0.340 e. The predicted octanol–water partition coefficient (Wildman–Crippen LogP) is 2.60. The molecule has 62 valence electrons. The van der Waals surface area contributed by atoms with Gasteiger partial charge in [0.1, 0.15) is 8.24 Å². The molecule has 0 aliphatic carbocycles. The molecule has 10 heavy (non-hydrogen) atoms. The van der Waals surface area contributed by atoms with Crippen LogP contribution in [0.1, 0.15) is 27.7 Å². The van der Waals surface area contributed by atoms with Gasteiger partial charge in [0.2, 0.25) is 0 Å². The Bertz CT molecular complexity index is 79.0. The third kappa shape index (κ3) is 1.83. The lowest BCUT2D eigenvalue weighted by atomic mass is 10.6. The molecule has 0 aromatic rings. The SMILES string of the molecule is CC[Si](CC)(NC)C(C)C. The Kier molecular flexibility index (Phi) is 4.21. The first-order valence-corrected chi connectivity index (χ1v) is 6.81. The van der Waals surface area contributed by atoms with Gasteiger partial charge >= 0.3 is 0 Å². The Balaban J connectivity index is 4.15. The maximum atomic E-state index is 3.55. The Morgan fingerprint density at radius 1 is 1.20 bits per heavy atom. The monoisotopic (exact) mass is 159 g/mol. The van der Waals surface area contributed by atoms with Crippen LogP contribution in [0.15, 0.2) is 0 Å². The predicted molar refractivity (Wildman–Crippen MR) is 50.9 cm³/mol. The van der Waals surface area contributed by atoms with Crippen LogP contribution in [0.3, 0.4) is 0 Å². The van der Waals surface area contributed by atoms with Crippen molar-refractivity contribution in [3.8, 4) is 0 Å². The van der Waals surface area contributed by atoms with E-state index < -0.39 is 8.24 Å². The van der Waals surface area contributed by atoms with E-state index in [1.807, 2.05) is 0 Å². The molecular weight excluding hydrogens is 138 g/mol. The van der Waals surface area contributed by atoms with Gasteiger partial charge in [-0.2, -0.15) is 0 Å². The second-order valence-electron chi connectivity index (χ2n) is 3.27. The van der Waals surface area contributed by atoms with Crippen molar-refractivity contribution < 1.29 is 0 Å². The summed E-state index contributed by atoms with van der Waals surface area (Å²) in [6.07, 6.45) is 0. The van der Waals surface area contributed by atoms with Crippen LogP contribution in [-0.4, -0.2) is 15.3 Å². The van der Waals surface area contributed by atoms with E-state index in [1.54, 1.807) is 0 Å². The van der Waals surface area contributed by atoms with Gasteiger partial charge in [0.25, 0.3) is 0 Å². The minimum atomic E-state index is -1.04. The molecule has 0 saturated carbocycles. The van der Waals surface area contributed by atoms with Gasteiger partial charge in [-0.05, 0) is 24.7 Å². The zero-order valence-electron chi connectivity index (χ0n) is 7.99. The van der Waals surface area contributed by atoms with Crippen molar-refractivity contribution in [2.24, 2.45) is 0 Å². The minimum absolute atomic E-state index is 0.868. The highest BCUT2D eigenvalue weighted by Crippen LogP contribution is 2.24. The van der Waals surface area contributed by atoms with Crippen LogP contribution in [0.25, 0.3) is 0 Å². The van der Waals surface area contributed by atoms with Crippen LogP contribution in [0.5, 0.6) is 0 Å². The van der Waals surface area contributed by atoms with E-state index in [2.05, 4.69) is 39.7 Å². The first-order chi connectivity index (χ1) is 4.63. The van der Waals surface area contributed by atoms with Gasteiger partial charge in [0.15, 0.2) is 0 Å².